The van der Waals surface area contributed by atoms with Crippen molar-refractivity contribution in [2.75, 3.05) is 18.7 Å². The first-order valence-electron chi connectivity index (χ1n) is 7.01. The number of carbonyl (C=O) groups excluding carboxylic acids is 1. The Morgan fingerprint density at radius 2 is 1.81 bits per heavy atom. The van der Waals surface area contributed by atoms with Gasteiger partial charge in [-0.2, -0.15) is 0 Å². The van der Waals surface area contributed by atoms with Gasteiger partial charge in [-0.05, 0) is 37.1 Å². The Hall–Kier alpha value is -1.07. The Balaban J connectivity index is 2.00. The molecule has 0 aromatic heterocycles. The van der Waals surface area contributed by atoms with Crippen LogP contribution in [0.1, 0.15) is 36.0 Å². The third-order valence-electron chi connectivity index (χ3n) is 4.12. The van der Waals surface area contributed by atoms with Gasteiger partial charge >= 0.3 is 0 Å². The van der Waals surface area contributed by atoms with Crippen LogP contribution >= 0.6 is 11.6 Å². The van der Waals surface area contributed by atoms with E-state index in [1.165, 1.54) is 24.3 Å². The van der Waals surface area contributed by atoms with Gasteiger partial charge in [0.1, 0.15) is 0 Å². The monoisotopic (exact) mass is 329 g/mol. The molecule has 4 nitrogen and oxygen atoms in total. The van der Waals surface area contributed by atoms with Gasteiger partial charge < -0.3 is 5.32 Å². The summed E-state index contributed by atoms with van der Waals surface area (Å²) in [6.07, 6.45) is 5.55. The summed E-state index contributed by atoms with van der Waals surface area (Å²) in [6, 6.07) is 5.98. The van der Waals surface area contributed by atoms with E-state index >= 15 is 0 Å². The van der Waals surface area contributed by atoms with Crippen molar-refractivity contribution in [3.05, 3.63) is 29.8 Å². The second kappa shape index (κ2) is 6.36. The van der Waals surface area contributed by atoms with E-state index < -0.39 is 9.84 Å². The van der Waals surface area contributed by atoms with Gasteiger partial charge in [-0.25, -0.2) is 8.42 Å². The number of alkyl halides is 1. The fraction of sp³-hybridized carbons (Fsp3) is 0.533. The third-order valence-corrected chi connectivity index (χ3v) is 5.81. The molecule has 0 unspecified atom stereocenters. The zero-order valence-corrected chi connectivity index (χ0v) is 13.6. The number of hydrogen-bond donors (Lipinski definition) is 1. The van der Waals surface area contributed by atoms with Crippen LogP contribution in [0.2, 0.25) is 0 Å². The minimum Gasteiger partial charge on any atom is -0.351 e. The molecular formula is C15H20ClNO3S. The summed E-state index contributed by atoms with van der Waals surface area (Å²) < 4.78 is 22.8. The Labute approximate surface area is 130 Å². The highest BCUT2D eigenvalue weighted by atomic mass is 35.5. The molecule has 21 heavy (non-hydrogen) atoms. The fourth-order valence-corrected chi connectivity index (χ4v) is 3.70. The highest BCUT2D eigenvalue weighted by Gasteiger charge is 2.33. The highest BCUT2D eigenvalue weighted by Crippen LogP contribution is 2.38. The molecule has 1 aliphatic carbocycles. The first-order valence-corrected chi connectivity index (χ1v) is 9.43. The fourth-order valence-electron chi connectivity index (χ4n) is 2.71. The first-order chi connectivity index (χ1) is 9.86. The molecule has 2 rings (SSSR count). The molecule has 0 spiro atoms. The molecule has 1 amide bonds. The van der Waals surface area contributed by atoms with Crippen molar-refractivity contribution in [2.45, 2.75) is 30.6 Å². The highest BCUT2D eigenvalue weighted by molar-refractivity contribution is 7.90. The van der Waals surface area contributed by atoms with E-state index in [0.29, 0.717) is 18.0 Å². The average molecular weight is 330 g/mol. The van der Waals surface area contributed by atoms with E-state index in [4.69, 9.17) is 11.6 Å². The van der Waals surface area contributed by atoms with Crippen LogP contribution in [0.15, 0.2) is 29.2 Å². The van der Waals surface area contributed by atoms with Crippen molar-refractivity contribution in [1.29, 1.82) is 0 Å². The molecule has 1 aromatic carbocycles. The van der Waals surface area contributed by atoms with Crippen molar-refractivity contribution < 1.29 is 13.2 Å². The Morgan fingerprint density at radius 3 is 2.29 bits per heavy atom. The number of halogens is 1. The van der Waals surface area contributed by atoms with Crippen molar-refractivity contribution in [2.24, 2.45) is 5.41 Å². The molecule has 1 aliphatic rings. The van der Waals surface area contributed by atoms with Gasteiger partial charge in [-0.1, -0.05) is 12.8 Å². The second-order valence-corrected chi connectivity index (χ2v) is 8.10. The summed E-state index contributed by atoms with van der Waals surface area (Å²) in [6.45, 7) is 0.573. The molecule has 1 aromatic rings. The van der Waals surface area contributed by atoms with Crippen LogP contribution in [0.5, 0.6) is 0 Å². The molecule has 0 bridgehead atoms. The van der Waals surface area contributed by atoms with Gasteiger partial charge in [0.15, 0.2) is 9.84 Å². The van der Waals surface area contributed by atoms with E-state index in [-0.39, 0.29) is 16.2 Å². The minimum absolute atomic E-state index is 0.0178. The Morgan fingerprint density at radius 1 is 1.24 bits per heavy atom. The molecule has 1 N–H and O–H groups in total. The maximum Gasteiger partial charge on any atom is 0.251 e. The summed E-state index contributed by atoms with van der Waals surface area (Å²) in [4.78, 5) is 12.3. The lowest BCUT2D eigenvalue weighted by molar-refractivity contribution is 0.0935. The molecular weight excluding hydrogens is 310 g/mol. The Kier molecular flexibility index (Phi) is 4.94. The van der Waals surface area contributed by atoms with E-state index in [0.717, 1.165) is 31.9 Å². The maximum absolute atomic E-state index is 12.1. The molecule has 116 valence electrons. The average Bonchev–Trinajstić information content (AvgIpc) is 2.93. The van der Waals surface area contributed by atoms with E-state index in [2.05, 4.69) is 5.32 Å². The van der Waals surface area contributed by atoms with Crippen LogP contribution in [0.4, 0.5) is 0 Å². The summed E-state index contributed by atoms with van der Waals surface area (Å²) >= 11 is 6.05. The van der Waals surface area contributed by atoms with Crippen molar-refractivity contribution in [1.82, 2.24) is 5.32 Å². The lowest BCUT2D eigenvalue weighted by Crippen LogP contribution is -2.37. The smallest absolute Gasteiger partial charge is 0.251 e. The predicted molar refractivity (Wildman–Crippen MR) is 83.5 cm³/mol. The van der Waals surface area contributed by atoms with Crippen LogP contribution in [-0.2, 0) is 9.84 Å². The van der Waals surface area contributed by atoms with Crippen molar-refractivity contribution >= 4 is 27.3 Å². The zero-order chi connectivity index (χ0) is 15.5. The van der Waals surface area contributed by atoms with Crippen LogP contribution in [0, 0.1) is 5.41 Å². The number of hydrogen-bond acceptors (Lipinski definition) is 3. The van der Waals surface area contributed by atoms with Gasteiger partial charge in [0, 0.05) is 29.7 Å². The topological polar surface area (TPSA) is 63.2 Å². The largest absolute Gasteiger partial charge is 0.351 e. The third kappa shape index (κ3) is 3.98. The number of benzene rings is 1. The van der Waals surface area contributed by atoms with E-state index in [1.54, 1.807) is 0 Å². The molecule has 0 heterocycles. The molecule has 0 aliphatic heterocycles. The quantitative estimate of drug-likeness (QED) is 0.845. The SMILES string of the molecule is CS(=O)(=O)c1ccc(C(=O)NCC2(CCl)CCCC2)cc1. The molecule has 1 fully saturated rings. The summed E-state index contributed by atoms with van der Waals surface area (Å²) in [5.74, 6) is 0.367. The Bertz CT molecular complexity index is 604. The second-order valence-electron chi connectivity index (χ2n) is 5.82. The molecule has 0 saturated heterocycles. The zero-order valence-electron chi connectivity index (χ0n) is 12.1. The predicted octanol–water partition coefficient (Wildman–Crippen LogP) is 2.62. The molecule has 1 saturated carbocycles. The van der Waals surface area contributed by atoms with Crippen LogP contribution < -0.4 is 5.32 Å². The van der Waals surface area contributed by atoms with Crippen LogP contribution in [0.25, 0.3) is 0 Å². The normalized spacial score (nSPS) is 17.6. The van der Waals surface area contributed by atoms with Gasteiger partial charge in [-0.15, -0.1) is 11.6 Å². The summed E-state index contributed by atoms with van der Waals surface area (Å²) in [5.41, 5.74) is 0.481. The van der Waals surface area contributed by atoms with Crippen LogP contribution in [-0.4, -0.2) is 33.0 Å². The lowest BCUT2D eigenvalue weighted by Gasteiger charge is -2.26. The number of carbonyl (C=O) groups is 1. The maximum atomic E-state index is 12.1. The van der Waals surface area contributed by atoms with Gasteiger partial charge in [0.05, 0.1) is 4.90 Å². The van der Waals surface area contributed by atoms with Crippen LogP contribution in [0.3, 0.4) is 0 Å². The number of sulfone groups is 1. The first kappa shape index (κ1) is 16.3. The van der Waals surface area contributed by atoms with E-state index in [1.807, 2.05) is 0 Å². The number of nitrogens with one attached hydrogen (secondary N) is 1. The molecule has 6 heteroatoms. The van der Waals surface area contributed by atoms with Crippen molar-refractivity contribution in [3.63, 3.8) is 0 Å². The standard InChI is InChI=1S/C15H20ClNO3S/c1-21(19,20)13-6-4-12(5-7-13)14(18)17-11-15(10-16)8-2-3-9-15/h4-7H,2-3,8-11H2,1H3,(H,17,18). The van der Waals surface area contributed by atoms with E-state index in [9.17, 15) is 13.2 Å². The minimum atomic E-state index is -3.23. The number of amides is 1. The number of rotatable bonds is 5. The van der Waals surface area contributed by atoms with Gasteiger partial charge in [-0.3, -0.25) is 4.79 Å². The summed E-state index contributed by atoms with van der Waals surface area (Å²) in [7, 11) is -3.23. The molecule has 0 radical (unpaired) electrons. The molecule has 0 atom stereocenters. The lowest BCUT2D eigenvalue weighted by atomic mass is 9.88. The summed E-state index contributed by atoms with van der Waals surface area (Å²) in [5, 5.41) is 2.92. The van der Waals surface area contributed by atoms with Gasteiger partial charge in [0.2, 0.25) is 0 Å². The van der Waals surface area contributed by atoms with Gasteiger partial charge in [0.25, 0.3) is 5.91 Å². The van der Waals surface area contributed by atoms with Crippen molar-refractivity contribution in [3.8, 4) is 0 Å².